The lowest BCUT2D eigenvalue weighted by atomic mass is 9.92. The SMILES string of the molecule is CCCCCCC(CCC(CC)CCCC)OC(=O)c1ccc(C(=O)OC(CCCCCC)CCC(CC)CCCC)cc1. The van der Waals surface area contributed by atoms with Gasteiger partial charge in [-0.3, -0.25) is 0 Å². The molecule has 254 valence electrons. The molecule has 0 spiro atoms. The molecule has 0 amide bonds. The van der Waals surface area contributed by atoms with Crippen molar-refractivity contribution < 1.29 is 19.1 Å². The molecule has 0 N–H and O–H groups in total. The standard InChI is InChI=1S/C40H70O4/c1-7-13-17-19-23-37(31-25-33(11-5)21-15-9-3)43-39(41)35-27-29-36(30-28-35)40(42)44-38(24-20-18-14-8-2)32-26-34(12-6)22-16-10-4/h27-30,33-34,37-38H,7-26,31-32H2,1-6H3. The number of benzene rings is 1. The lowest BCUT2D eigenvalue weighted by molar-refractivity contribution is 0.0223. The molecule has 4 nitrogen and oxygen atoms in total. The molecule has 0 saturated heterocycles. The van der Waals surface area contributed by atoms with E-state index in [1.54, 1.807) is 24.3 Å². The first-order valence-electron chi connectivity index (χ1n) is 18.9. The Balaban J connectivity index is 2.81. The van der Waals surface area contributed by atoms with Crippen LogP contribution in [0.5, 0.6) is 0 Å². The highest BCUT2D eigenvalue weighted by Crippen LogP contribution is 2.25. The van der Waals surface area contributed by atoms with Gasteiger partial charge in [-0.15, -0.1) is 0 Å². The van der Waals surface area contributed by atoms with Gasteiger partial charge in [0, 0.05) is 0 Å². The maximum atomic E-state index is 13.2. The second-order valence-electron chi connectivity index (χ2n) is 13.3. The van der Waals surface area contributed by atoms with Crippen molar-refractivity contribution in [3.63, 3.8) is 0 Å². The summed E-state index contributed by atoms with van der Waals surface area (Å²) in [6.45, 7) is 13.5. The van der Waals surface area contributed by atoms with Gasteiger partial charge in [0.05, 0.1) is 11.1 Å². The normalized spacial score (nSPS) is 14.1. The molecule has 0 aliphatic rings. The van der Waals surface area contributed by atoms with Crippen LogP contribution in [0, 0.1) is 11.8 Å². The van der Waals surface area contributed by atoms with Gasteiger partial charge in [0.2, 0.25) is 0 Å². The average molecular weight is 615 g/mol. The first-order chi connectivity index (χ1) is 21.4. The minimum absolute atomic E-state index is 0.0441. The molecule has 1 aromatic carbocycles. The number of hydrogen-bond donors (Lipinski definition) is 0. The summed E-state index contributed by atoms with van der Waals surface area (Å²) in [5.41, 5.74) is 1.02. The molecule has 0 saturated carbocycles. The van der Waals surface area contributed by atoms with E-state index in [4.69, 9.17) is 9.47 Å². The third-order valence-corrected chi connectivity index (χ3v) is 9.54. The van der Waals surface area contributed by atoms with Gasteiger partial charge in [-0.05, 0) is 87.5 Å². The highest BCUT2D eigenvalue weighted by Gasteiger charge is 2.21. The zero-order valence-electron chi connectivity index (χ0n) is 29.8. The molecule has 0 heterocycles. The molecule has 1 rings (SSSR count). The number of carbonyl (C=O) groups is 2. The Kier molecular flexibility index (Phi) is 24.1. The van der Waals surface area contributed by atoms with Crippen LogP contribution in [-0.4, -0.2) is 24.1 Å². The van der Waals surface area contributed by atoms with Crippen molar-refractivity contribution in [3.05, 3.63) is 35.4 Å². The van der Waals surface area contributed by atoms with Crippen molar-refractivity contribution in [1.29, 1.82) is 0 Å². The number of hydrogen-bond acceptors (Lipinski definition) is 4. The number of unbranched alkanes of at least 4 members (excludes halogenated alkanes) is 8. The molecule has 4 atom stereocenters. The van der Waals surface area contributed by atoms with E-state index in [9.17, 15) is 9.59 Å². The van der Waals surface area contributed by atoms with E-state index in [-0.39, 0.29) is 24.1 Å². The van der Waals surface area contributed by atoms with E-state index in [1.807, 2.05) is 0 Å². The minimum Gasteiger partial charge on any atom is -0.459 e. The molecule has 0 radical (unpaired) electrons. The number of ether oxygens (including phenoxy) is 2. The summed E-state index contributed by atoms with van der Waals surface area (Å²) in [6, 6.07) is 6.93. The zero-order valence-corrected chi connectivity index (χ0v) is 29.8. The van der Waals surface area contributed by atoms with Crippen molar-refractivity contribution in [2.45, 2.75) is 195 Å². The third-order valence-electron chi connectivity index (χ3n) is 9.54. The molecule has 0 fully saturated rings. The van der Waals surface area contributed by atoms with Gasteiger partial charge in [0.1, 0.15) is 12.2 Å². The van der Waals surface area contributed by atoms with Crippen LogP contribution < -0.4 is 0 Å². The summed E-state index contributed by atoms with van der Waals surface area (Å²) in [4.78, 5) is 26.3. The van der Waals surface area contributed by atoms with Crippen LogP contribution in [-0.2, 0) is 9.47 Å². The molecule has 0 aliphatic heterocycles. The molecular weight excluding hydrogens is 544 g/mol. The first kappa shape index (κ1) is 40.2. The Labute approximate surface area is 272 Å². The van der Waals surface area contributed by atoms with Gasteiger partial charge in [-0.2, -0.15) is 0 Å². The Morgan fingerprint density at radius 2 is 0.818 bits per heavy atom. The fraction of sp³-hybridized carbons (Fsp3) is 0.800. The summed E-state index contributed by atoms with van der Waals surface area (Å²) in [7, 11) is 0. The van der Waals surface area contributed by atoms with E-state index in [2.05, 4.69) is 41.5 Å². The monoisotopic (exact) mass is 615 g/mol. The molecule has 4 unspecified atom stereocenters. The smallest absolute Gasteiger partial charge is 0.338 e. The Hall–Kier alpha value is -1.84. The number of esters is 2. The number of rotatable bonds is 28. The summed E-state index contributed by atoms with van der Waals surface area (Å²) < 4.78 is 12.2. The Bertz CT molecular complexity index is 763. The fourth-order valence-corrected chi connectivity index (χ4v) is 6.24. The van der Waals surface area contributed by atoms with Crippen molar-refractivity contribution in [2.75, 3.05) is 0 Å². The average Bonchev–Trinajstić information content (AvgIpc) is 3.04. The highest BCUT2D eigenvalue weighted by atomic mass is 16.5. The van der Waals surface area contributed by atoms with Gasteiger partial charge < -0.3 is 9.47 Å². The molecular formula is C40H70O4. The van der Waals surface area contributed by atoms with E-state index >= 15 is 0 Å². The Morgan fingerprint density at radius 1 is 0.455 bits per heavy atom. The molecule has 1 aromatic rings. The highest BCUT2D eigenvalue weighted by molar-refractivity contribution is 5.93. The summed E-state index contributed by atoms with van der Waals surface area (Å²) in [5, 5.41) is 0. The molecule has 0 bridgehead atoms. The van der Waals surface area contributed by atoms with Gasteiger partial charge in [-0.1, -0.05) is 131 Å². The Morgan fingerprint density at radius 3 is 1.14 bits per heavy atom. The predicted octanol–water partition coefficient (Wildman–Crippen LogP) is 12.7. The predicted molar refractivity (Wildman–Crippen MR) is 187 cm³/mol. The maximum Gasteiger partial charge on any atom is 0.338 e. The summed E-state index contributed by atoms with van der Waals surface area (Å²) >= 11 is 0. The summed E-state index contributed by atoms with van der Waals surface area (Å²) in [5.74, 6) is 0.852. The van der Waals surface area contributed by atoms with Crippen LogP contribution in [0.25, 0.3) is 0 Å². The first-order valence-corrected chi connectivity index (χ1v) is 18.9. The van der Waals surface area contributed by atoms with Gasteiger partial charge >= 0.3 is 11.9 Å². The fourth-order valence-electron chi connectivity index (χ4n) is 6.24. The van der Waals surface area contributed by atoms with Crippen LogP contribution >= 0.6 is 0 Å². The van der Waals surface area contributed by atoms with E-state index in [0.717, 1.165) is 51.4 Å². The second-order valence-corrected chi connectivity index (χ2v) is 13.3. The second kappa shape index (κ2) is 26.4. The lowest BCUT2D eigenvalue weighted by Crippen LogP contribution is -2.21. The van der Waals surface area contributed by atoms with Crippen molar-refractivity contribution >= 4 is 11.9 Å². The van der Waals surface area contributed by atoms with E-state index < -0.39 is 0 Å². The molecule has 44 heavy (non-hydrogen) atoms. The number of carbonyl (C=O) groups excluding carboxylic acids is 2. The lowest BCUT2D eigenvalue weighted by Gasteiger charge is -2.22. The van der Waals surface area contributed by atoms with Crippen LogP contribution in [0.1, 0.15) is 204 Å². The van der Waals surface area contributed by atoms with Gasteiger partial charge in [0.25, 0.3) is 0 Å². The molecule has 0 aromatic heterocycles. The van der Waals surface area contributed by atoms with E-state index in [1.165, 1.54) is 89.9 Å². The summed E-state index contributed by atoms with van der Waals surface area (Å²) in [6.07, 6.45) is 25.2. The van der Waals surface area contributed by atoms with Gasteiger partial charge in [0.15, 0.2) is 0 Å². The van der Waals surface area contributed by atoms with Crippen LogP contribution in [0.4, 0.5) is 0 Å². The maximum absolute atomic E-state index is 13.2. The largest absolute Gasteiger partial charge is 0.459 e. The topological polar surface area (TPSA) is 52.6 Å². The zero-order chi connectivity index (χ0) is 32.4. The van der Waals surface area contributed by atoms with Crippen molar-refractivity contribution in [3.8, 4) is 0 Å². The minimum atomic E-state index is -0.279. The van der Waals surface area contributed by atoms with Crippen LogP contribution in [0.15, 0.2) is 24.3 Å². The quantitative estimate of drug-likeness (QED) is 0.0696. The van der Waals surface area contributed by atoms with Crippen LogP contribution in [0.3, 0.4) is 0 Å². The third kappa shape index (κ3) is 18.2. The van der Waals surface area contributed by atoms with Crippen molar-refractivity contribution in [2.24, 2.45) is 11.8 Å². The molecule has 0 aliphatic carbocycles. The van der Waals surface area contributed by atoms with Crippen molar-refractivity contribution in [1.82, 2.24) is 0 Å². The van der Waals surface area contributed by atoms with Crippen LogP contribution in [0.2, 0.25) is 0 Å². The molecule has 4 heteroatoms. The van der Waals surface area contributed by atoms with Gasteiger partial charge in [-0.25, -0.2) is 9.59 Å². The van der Waals surface area contributed by atoms with E-state index in [0.29, 0.717) is 23.0 Å².